The monoisotopic (exact) mass is 287 g/mol. The van der Waals surface area contributed by atoms with E-state index in [0.717, 1.165) is 12.8 Å². The van der Waals surface area contributed by atoms with Gasteiger partial charge in [0.05, 0.1) is 13.2 Å². The molecule has 0 atom stereocenters. The van der Waals surface area contributed by atoms with Crippen LogP contribution < -0.4 is 10.6 Å². The number of nitrogens with one attached hydrogen (secondary N) is 2. The zero-order valence-corrected chi connectivity index (χ0v) is 13.1. The SMILES string of the molecule is CCC(CC)N(CCO)CC(=O)NC(=O)NCC(C)C. The third-order valence-corrected chi connectivity index (χ3v) is 3.12. The van der Waals surface area contributed by atoms with Crippen molar-refractivity contribution in [1.29, 1.82) is 0 Å². The second-order valence-corrected chi connectivity index (χ2v) is 5.32. The molecule has 0 spiro atoms. The van der Waals surface area contributed by atoms with Crippen molar-refractivity contribution >= 4 is 11.9 Å². The molecule has 0 fully saturated rings. The van der Waals surface area contributed by atoms with Gasteiger partial charge < -0.3 is 10.4 Å². The van der Waals surface area contributed by atoms with Crippen LogP contribution in [0, 0.1) is 5.92 Å². The van der Waals surface area contributed by atoms with E-state index in [1.54, 1.807) is 0 Å². The van der Waals surface area contributed by atoms with Gasteiger partial charge in [-0.25, -0.2) is 4.79 Å². The van der Waals surface area contributed by atoms with Crippen molar-refractivity contribution in [3.63, 3.8) is 0 Å². The molecule has 0 bridgehead atoms. The molecule has 0 aliphatic heterocycles. The Hall–Kier alpha value is -1.14. The molecule has 0 aliphatic rings. The molecule has 0 aromatic heterocycles. The number of carbonyl (C=O) groups excluding carboxylic acids is 2. The Morgan fingerprint density at radius 2 is 1.80 bits per heavy atom. The number of aliphatic hydroxyl groups excluding tert-OH is 1. The number of urea groups is 1. The Balaban J connectivity index is 4.28. The van der Waals surface area contributed by atoms with Crippen molar-refractivity contribution in [3.05, 3.63) is 0 Å². The summed E-state index contributed by atoms with van der Waals surface area (Å²) in [5.74, 6) is -0.00194. The topological polar surface area (TPSA) is 81.7 Å². The second-order valence-electron chi connectivity index (χ2n) is 5.32. The number of carbonyl (C=O) groups is 2. The molecule has 0 saturated heterocycles. The first-order valence-electron chi connectivity index (χ1n) is 7.37. The maximum atomic E-state index is 11.8. The molecule has 0 aliphatic carbocycles. The third-order valence-electron chi connectivity index (χ3n) is 3.12. The highest BCUT2D eigenvalue weighted by Gasteiger charge is 2.18. The summed E-state index contributed by atoms with van der Waals surface area (Å²) >= 11 is 0. The summed E-state index contributed by atoms with van der Waals surface area (Å²) in [5.41, 5.74) is 0. The fourth-order valence-corrected chi connectivity index (χ4v) is 2.02. The van der Waals surface area contributed by atoms with Gasteiger partial charge in [0.25, 0.3) is 0 Å². The molecule has 3 amide bonds. The van der Waals surface area contributed by atoms with Crippen molar-refractivity contribution in [3.8, 4) is 0 Å². The standard InChI is InChI=1S/C14H29N3O3/c1-5-12(6-2)17(7-8-18)10-13(19)16-14(20)15-9-11(3)4/h11-12,18H,5-10H2,1-4H3,(H2,15,16,19,20). The molecule has 0 heterocycles. The number of amides is 3. The van der Waals surface area contributed by atoms with Gasteiger partial charge in [0, 0.05) is 19.1 Å². The zero-order valence-electron chi connectivity index (χ0n) is 13.1. The van der Waals surface area contributed by atoms with Crippen LogP contribution in [-0.2, 0) is 4.79 Å². The molecule has 0 rings (SSSR count). The highest BCUT2D eigenvalue weighted by molar-refractivity contribution is 5.95. The van der Waals surface area contributed by atoms with E-state index in [0.29, 0.717) is 19.0 Å². The van der Waals surface area contributed by atoms with E-state index in [-0.39, 0.29) is 25.1 Å². The van der Waals surface area contributed by atoms with E-state index < -0.39 is 6.03 Å². The minimum atomic E-state index is -0.461. The lowest BCUT2D eigenvalue weighted by molar-refractivity contribution is -0.121. The second kappa shape index (κ2) is 10.6. The molecule has 6 heteroatoms. The zero-order chi connectivity index (χ0) is 15.5. The fourth-order valence-electron chi connectivity index (χ4n) is 2.02. The van der Waals surface area contributed by atoms with Gasteiger partial charge in [-0.2, -0.15) is 0 Å². The Labute approximate surface area is 121 Å². The average Bonchev–Trinajstić information content (AvgIpc) is 2.37. The molecule has 0 unspecified atom stereocenters. The van der Waals surface area contributed by atoms with E-state index in [1.807, 2.05) is 32.6 Å². The fraction of sp³-hybridized carbons (Fsp3) is 0.857. The van der Waals surface area contributed by atoms with Crippen molar-refractivity contribution in [2.75, 3.05) is 26.2 Å². The Kier molecular flexibility index (Phi) is 10.0. The van der Waals surface area contributed by atoms with Crippen LogP contribution in [-0.4, -0.2) is 54.2 Å². The molecule has 0 aromatic rings. The van der Waals surface area contributed by atoms with Gasteiger partial charge in [-0.3, -0.25) is 15.0 Å². The predicted molar refractivity (Wildman–Crippen MR) is 79.4 cm³/mol. The Morgan fingerprint density at radius 1 is 1.20 bits per heavy atom. The van der Waals surface area contributed by atoms with Gasteiger partial charge in [-0.15, -0.1) is 0 Å². The van der Waals surface area contributed by atoms with Gasteiger partial charge in [0.2, 0.25) is 5.91 Å². The molecule has 0 aromatic carbocycles. The molecule has 0 saturated carbocycles. The quantitative estimate of drug-likeness (QED) is 0.590. The van der Waals surface area contributed by atoms with Crippen LogP contribution in [0.1, 0.15) is 40.5 Å². The van der Waals surface area contributed by atoms with E-state index in [4.69, 9.17) is 5.11 Å². The van der Waals surface area contributed by atoms with Gasteiger partial charge in [-0.1, -0.05) is 27.7 Å². The van der Waals surface area contributed by atoms with Crippen LogP contribution in [0.4, 0.5) is 4.79 Å². The largest absolute Gasteiger partial charge is 0.395 e. The molecule has 0 radical (unpaired) electrons. The van der Waals surface area contributed by atoms with Crippen LogP contribution in [0.25, 0.3) is 0 Å². The van der Waals surface area contributed by atoms with Crippen LogP contribution in [0.15, 0.2) is 0 Å². The summed E-state index contributed by atoms with van der Waals surface area (Å²) in [5, 5.41) is 14.0. The van der Waals surface area contributed by atoms with Crippen LogP contribution in [0.2, 0.25) is 0 Å². The van der Waals surface area contributed by atoms with Crippen molar-refractivity contribution < 1.29 is 14.7 Å². The smallest absolute Gasteiger partial charge is 0.321 e. The molecule has 6 nitrogen and oxygen atoms in total. The van der Waals surface area contributed by atoms with E-state index in [9.17, 15) is 9.59 Å². The number of hydrogen-bond donors (Lipinski definition) is 3. The maximum absolute atomic E-state index is 11.8. The molecular formula is C14H29N3O3. The predicted octanol–water partition coefficient (Wildman–Crippen LogP) is 0.951. The Morgan fingerprint density at radius 3 is 2.25 bits per heavy atom. The molecule has 118 valence electrons. The Bertz CT molecular complexity index is 291. The molecule has 20 heavy (non-hydrogen) atoms. The third kappa shape index (κ3) is 8.12. The number of hydrogen-bond acceptors (Lipinski definition) is 4. The summed E-state index contributed by atoms with van der Waals surface area (Å²) in [6, 6.07) is -0.219. The maximum Gasteiger partial charge on any atom is 0.321 e. The van der Waals surface area contributed by atoms with Gasteiger partial charge in [0.15, 0.2) is 0 Å². The van der Waals surface area contributed by atoms with E-state index in [2.05, 4.69) is 10.6 Å². The minimum Gasteiger partial charge on any atom is -0.395 e. The summed E-state index contributed by atoms with van der Waals surface area (Å²) in [4.78, 5) is 25.2. The van der Waals surface area contributed by atoms with Crippen LogP contribution in [0.5, 0.6) is 0 Å². The van der Waals surface area contributed by atoms with Crippen molar-refractivity contribution in [2.24, 2.45) is 5.92 Å². The normalized spacial score (nSPS) is 11.2. The number of aliphatic hydroxyl groups is 1. The highest BCUT2D eigenvalue weighted by Crippen LogP contribution is 2.07. The van der Waals surface area contributed by atoms with Gasteiger partial charge in [0.1, 0.15) is 0 Å². The minimum absolute atomic E-state index is 0.00330. The van der Waals surface area contributed by atoms with Gasteiger partial charge >= 0.3 is 6.03 Å². The van der Waals surface area contributed by atoms with Gasteiger partial charge in [-0.05, 0) is 18.8 Å². The van der Waals surface area contributed by atoms with Crippen molar-refractivity contribution in [1.82, 2.24) is 15.5 Å². The summed E-state index contributed by atoms with van der Waals surface area (Å²) in [6.07, 6.45) is 1.81. The first-order valence-corrected chi connectivity index (χ1v) is 7.37. The van der Waals surface area contributed by atoms with Crippen LogP contribution in [0.3, 0.4) is 0 Å². The van der Waals surface area contributed by atoms with Crippen LogP contribution >= 0.6 is 0 Å². The highest BCUT2D eigenvalue weighted by atomic mass is 16.3. The van der Waals surface area contributed by atoms with E-state index in [1.165, 1.54) is 0 Å². The summed E-state index contributed by atoms with van der Waals surface area (Å²) in [7, 11) is 0. The lowest BCUT2D eigenvalue weighted by Gasteiger charge is -2.28. The van der Waals surface area contributed by atoms with E-state index >= 15 is 0 Å². The number of rotatable bonds is 9. The molecule has 3 N–H and O–H groups in total. The lowest BCUT2D eigenvalue weighted by Crippen LogP contribution is -2.48. The first kappa shape index (κ1) is 18.9. The number of nitrogens with zero attached hydrogens (tertiary/aromatic N) is 1. The lowest BCUT2D eigenvalue weighted by atomic mass is 10.1. The summed E-state index contributed by atoms with van der Waals surface area (Å²) in [6.45, 7) is 9.17. The average molecular weight is 287 g/mol. The summed E-state index contributed by atoms with van der Waals surface area (Å²) < 4.78 is 0. The first-order chi connectivity index (χ1) is 9.44. The molecular weight excluding hydrogens is 258 g/mol. The number of imide groups is 1. The van der Waals surface area contributed by atoms with Crippen molar-refractivity contribution in [2.45, 2.75) is 46.6 Å².